The van der Waals surface area contributed by atoms with Gasteiger partial charge in [0.05, 0.1) is 4.92 Å². The molecule has 0 heterocycles. The van der Waals surface area contributed by atoms with Gasteiger partial charge in [0.25, 0.3) is 5.69 Å². The number of nitro benzene ring substituents is 1. The van der Waals surface area contributed by atoms with E-state index in [1.807, 2.05) is 49.3 Å². The molecule has 0 fully saturated rings. The molecule has 126 valence electrons. The van der Waals surface area contributed by atoms with Gasteiger partial charge in [-0.3, -0.25) is 15.4 Å². The number of nitrogens with zero attached hydrogens (tertiary/aromatic N) is 2. The van der Waals surface area contributed by atoms with Crippen LogP contribution in [0.25, 0.3) is 0 Å². The van der Waals surface area contributed by atoms with E-state index in [2.05, 4.69) is 5.32 Å². The minimum atomic E-state index is -0.734. The number of hydrogen-bond acceptors (Lipinski definition) is 5. The van der Waals surface area contributed by atoms with Crippen LogP contribution in [0.15, 0.2) is 48.5 Å². The Morgan fingerprint density at radius 3 is 2.50 bits per heavy atom. The van der Waals surface area contributed by atoms with Gasteiger partial charge >= 0.3 is 6.09 Å². The lowest BCUT2D eigenvalue weighted by Gasteiger charge is -2.11. The van der Waals surface area contributed by atoms with E-state index in [-0.39, 0.29) is 18.0 Å². The van der Waals surface area contributed by atoms with Crippen LogP contribution in [0, 0.1) is 10.1 Å². The lowest BCUT2D eigenvalue weighted by atomic mass is 10.1. The minimum Gasteiger partial charge on any atom is -0.444 e. The second kappa shape index (κ2) is 8.07. The number of carbonyl (C=O) groups excluding carboxylic acids is 1. The molecule has 0 atom stereocenters. The Bertz CT molecular complexity index is 717. The first-order valence-corrected chi connectivity index (χ1v) is 7.35. The molecule has 0 saturated carbocycles. The van der Waals surface area contributed by atoms with Gasteiger partial charge in [0.2, 0.25) is 0 Å². The fourth-order valence-corrected chi connectivity index (χ4v) is 2.17. The van der Waals surface area contributed by atoms with Crippen LogP contribution in [0.2, 0.25) is 0 Å². The zero-order valence-corrected chi connectivity index (χ0v) is 13.6. The Morgan fingerprint density at radius 2 is 1.88 bits per heavy atom. The molecule has 0 aromatic heterocycles. The molecule has 2 aromatic rings. The molecule has 7 nitrogen and oxygen atoms in total. The van der Waals surface area contributed by atoms with Gasteiger partial charge < -0.3 is 9.64 Å². The number of benzene rings is 2. The number of rotatable bonds is 6. The predicted molar refractivity (Wildman–Crippen MR) is 90.7 cm³/mol. The largest absolute Gasteiger partial charge is 0.444 e. The van der Waals surface area contributed by atoms with Crippen LogP contribution in [0.1, 0.15) is 11.1 Å². The Kier molecular flexibility index (Phi) is 5.86. The highest BCUT2D eigenvalue weighted by Crippen LogP contribution is 2.26. The van der Waals surface area contributed by atoms with E-state index < -0.39 is 11.0 Å². The van der Waals surface area contributed by atoms with Crippen LogP contribution in [-0.4, -0.2) is 30.0 Å². The van der Waals surface area contributed by atoms with Crippen LogP contribution in [0.3, 0.4) is 0 Å². The summed E-state index contributed by atoms with van der Waals surface area (Å²) in [5, 5.41) is 13.6. The number of anilines is 1. The van der Waals surface area contributed by atoms with Crippen molar-refractivity contribution in [3.8, 4) is 0 Å². The highest BCUT2D eigenvalue weighted by atomic mass is 16.6. The highest BCUT2D eigenvalue weighted by Gasteiger charge is 2.17. The number of hydrogen-bond donors (Lipinski definition) is 1. The maximum absolute atomic E-state index is 11.9. The Hall–Kier alpha value is -2.93. The second-order valence-corrected chi connectivity index (χ2v) is 5.53. The van der Waals surface area contributed by atoms with Crippen molar-refractivity contribution in [1.29, 1.82) is 0 Å². The number of ether oxygens (including phenoxy) is 1. The molecule has 0 aliphatic heterocycles. The molecule has 0 unspecified atom stereocenters. The van der Waals surface area contributed by atoms with Crippen molar-refractivity contribution < 1.29 is 14.5 Å². The van der Waals surface area contributed by atoms with Crippen LogP contribution < -0.4 is 5.32 Å². The second-order valence-electron chi connectivity index (χ2n) is 5.53. The van der Waals surface area contributed by atoms with Crippen LogP contribution in [0.5, 0.6) is 0 Å². The van der Waals surface area contributed by atoms with E-state index in [9.17, 15) is 14.9 Å². The Balaban J connectivity index is 2.05. The van der Waals surface area contributed by atoms with Gasteiger partial charge in [-0.2, -0.15) is 0 Å². The molecule has 0 aliphatic carbocycles. The number of nitro groups is 1. The first-order chi connectivity index (χ1) is 11.5. The van der Waals surface area contributed by atoms with Crippen molar-refractivity contribution in [1.82, 2.24) is 4.90 Å². The van der Waals surface area contributed by atoms with Gasteiger partial charge in [0.1, 0.15) is 12.3 Å². The summed E-state index contributed by atoms with van der Waals surface area (Å²) < 4.78 is 5.08. The van der Waals surface area contributed by atoms with Crippen molar-refractivity contribution in [2.75, 3.05) is 19.4 Å². The van der Waals surface area contributed by atoms with Crippen molar-refractivity contribution in [2.45, 2.75) is 13.2 Å². The highest BCUT2D eigenvalue weighted by molar-refractivity contribution is 5.87. The third-order valence-electron chi connectivity index (χ3n) is 3.21. The summed E-state index contributed by atoms with van der Waals surface area (Å²) in [4.78, 5) is 24.5. The molecule has 0 bridgehead atoms. The number of nitrogens with one attached hydrogen (secondary N) is 1. The summed E-state index contributed by atoms with van der Waals surface area (Å²) in [5.41, 5.74) is 1.57. The maximum Gasteiger partial charge on any atom is 0.412 e. The summed E-state index contributed by atoms with van der Waals surface area (Å²) in [6, 6.07) is 13.9. The van der Waals surface area contributed by atoms with E-state index in [1.165, 1.54) is 12.1 Å². The standard InChI is InChI=1S/C17H19N3O4/c1-19(2)11-14-8-9-15(16(10-14)20(22)23)18-17(21)24-12-13-6-4-3-5-7-13/h3-10H,11-12H2,1-2H3,(H,18,21). The minimum absolute atomic E-state index is 0.0964. The summed E-state index contributed by atoms with van der Waals surface area (Å²) >= 11 is 0. The van der Waals surface area contributed by atoms with Gasteiger partial charge in [-0.1, -0.05) is 36.4 Å². The average molecular weight is 329 g/mol. The van der Waals surface area contributed by atoms with Crippen LogP contribution in [-0.2, 0) is 17.9 Å². The predicted octanol–water partition coefficient (Wildman–Crippen LogP) is 3.41. The number of amides is 1. The van der Waals surface area contributed by atoms with Gasteiger partial charge in [0, 0.05) is 12.6 Å². The smallest absolute Gasteiger partial charge is 0.412 e. The zero-order chi connectivity index (χ0) is 17.5. The van der Waals surface area contributed by atoms with E-state index >= 15 is 0 Å². The quantitative estimate of drug-likeness (QED) is 0.648. The lowest BCUT2D eigenvalue weighted by Crippen LogP contribution is -2.15. The Labute approximate surface area is 140 Å². The molecule has 24 heavy (non-hydrogen) atoms. The van der Waals surface area contributed by atoms with Gasteiger partial charge in [0.15, 0.2) is 0 Å². The fourth-order valence-electron chi connectivity index (χ4n) is 2.17. The first-order valence-electron chi connectivity index (χ1n) is 7.35. The van der Waals surface area contributed by atoms with Crippen molar-refractivity contribution in [3.63, 3.8) is 0 Å². The summed E-state index contributed by atoms with van der Waals surface area (Å²) in [7, 11) is 3.75. The molecular weight excluding hydrogens is 310 g/mol. The average Bonchev–Trinajstić information content (AvgIpc) is 2.54. The molecular formula is C17H19N3O4. The van der Waals surface area contributed by atoms with E-state index in [1.54, 1.807) is 6.07 Å². The molecule has 0 spiro atoms. The molecule has 2 aromatic carbocycles. The summed E-state index contributed by atoms with van der Waals surface area (Å²) in [6.45, 7) is 0.665. The molecule has 1 N–H and O–H groups in total. The maximum atomic E-state index is 11.9. The number of carbonyl (C=O) groups is 1. The zero-order valence-electron chi connectivity index (χ0n) is 13.6. The molecule has 0 radical (unpaired) electrons. The van der Waals surface area contributed by atoms with E-state index in [4.69, 9.17) is 4.74 Å². The van der Waals surface area contributed by atoms with Crippen LogP contribution in [0.4, 0.5) is 16.2 Å². The fraction of sp³-hybridized carbons (Fsp3) is 0.235. The topological polar surface area (TPSA) is 84.7 Å². The van der Waals surface area contributed by atoms with Crippen molar-refractivity contribution in [3.05, 3.63) is 69.8 Å². The van der Waals surface area contributed by atoms with Gasteiger partial charge in [-0.15, -0.1) is 0 Å². The molecule has 0 aliphatic rings. The third kappa shape index (κ3) is 5.06. The SMILES string of the molecule is CN(C)Cc1ccc(NC(=O)OCc2ccccc2)c([N+](=O)[O-])c1. The van der Waals surface area contributed by atoms with Crippen molar-refractivity contribution >= 4 is 17.5 Å². The molecule has 7 heteroatoms. The normalized spacial score (nSPS) is 10.5. The first kappa shape index (κ1) is 17.4. The summed E-state index contributed by atoms with van der Waals surface area (Å²) in [5.74, 6) is 0. The van der Waals surface area contributed by atoms with Crippen molar-refractivity contribution in [2.24, 2.45) is 0 Å². The Morgan fingerprint density at radius 1 is 1.17 bits per heavy atom. The summed E-state index contributed by atoms with van der Waals surface area (Å²) in [6.07, 6.45) is -0.734. The van der Waals surface area contributed by atoms with E-state index in [0.717, 1.165) is 11.1 Å². The van der Waals surface area contributed by atoms with E-state index in [0.29, 0.717) is 6.54 Å². The monoisotopic (exact) mass is 329 g/mol. The molecule has 1 amide bonds. The lowest BCUT2D eigenvalue weighted by molar-refractivity contribution is -0.384. The third-order valence-corrected chi connectivity index (χ3v) is 3.21. The molecule has 2 rings (SSSR count). The van der Waals surface area contributed by atoms with Gasteiger partial charge in [-0.05, 0) is 31.3 Å². The van der Waals surface area contributed by atoms with Crippen LogP contribution >= 0.6 is 0 Å². The van der Waals surface area contributed by atoms with Gasteiger partial charge in [-0.25, -0.2) is 4.79 Å². The molecule has 0 saturated heterocycles.